The molecule has 7 heteroatoms. The Morgan fingerprint density at radius 3 is 2.32 bits per heavy atom. The first kappa shape index (κ1) is 19.5. The SMILES string of the molecule is Cc1ccc(Cl)cc1N1CCN(CC(=O)N(C)CC(=O)N(C)C)CC1. The molecule has 0 N–H and O–H groups in total. The van der Waals surface area contributed by atoms with Gasteiger partial charge in [0.15, 0.2) is 0 Å². The van der Waals surface area contributed by atoms with Crippen molar-refractivity contribution in [1.82, 2.24) is 14.7 Å². The lowest BCUT2D eigenvalue weighted by Crippen LogP contribution is -2.50. The molecule has 0 radical (unpaired) electrons. The zero-order valence-electron chi connectivity index (χ0n) is 15.5. The normalized spacial score (nSPS) is 15.2. The highest BCUT2D eigenvalue weighted by molar-refractivity contribution is 6.30. The Labute approximate surface area is 154 Å². The second-order valence-corrected chi connectivity index (χ2v) is 7.17. The molecular formula is C18H27ClN4O2. The number of benzene rings is 1. The fraction of sp³-hybridized carbons (Fsp3) is 0.556. The first-order valence-corrected chi connectivity index (χ1v) is 8.83. The average Bonchev–Trinajstić information content (AvgIpc) is 2.57. The van der Waals surface area contributed by atoms with E-state index in [4.69, 9.17) is 11.6 Å². The van der Waals surface area contributed by atoms with Crippen LogP contribution in [0.2, 0.25) is 5.02 Å². The van der Waals surface area contributed by atoms with E-state index in [2.05, 4.69) is 16.7 Å². The van der Waals surface area contributed by atoms with E-state index in [9.17, 15) is 9.59 Å². The minimum Gasteiger partial charge on any atom is -0.369 e. The molecule has 0 spiro atoms. The molecule has 1 saturated heterocycles. The second kappa shape index (κ2) is 8.54. The molecule has 138 valence electrons. The molecule has 2 amide bonds. The minimum atomic E-state index is -0.0721. The number of anilines is 1. The van der Waals surface area contributed by atoms with Crippen molar-refractivity contribution in [3.8, 4) is 0 Å². The van der Waals surface area contributed by atoms with Crippen LogP contribution in [0, 0.1) is 6.92 Å². The topological polar surface area (TPSA) is 47.1 Å². The summed E-state index contributed by atoms with van der Waals surface area (Å²) < 4.78 is 0. The number of rotatable bonds is 5. The van der Waals surface area contributed by atoms with E-state index in [1.165, 1.54) is 15.4 Å². The van der Waals surface area contributed by atoms with Crippen LogP contribution in [0.4, 0.5) is 5.69 Å². The Bertz CT molecular complexity index is 628. The number of carbonyl (C=O) groups excluding carboxylic acids is 2. The molecule has 0 saturated carbocycles. The lowest BCUT2D eigenvalue weighted by atomic mass is 10.1. The summed E-state index contributed by atoms with van der Waals surface area (Å²) in [7, 11) is 5.06. The molecule has 25 heavy (non-hydrogen) atoms. The van der Waals surface area contributed by atoms with Crippen molar-refractivity contribution in [2.45, 2.75) is 6.92 Å². The maximum atomic E-state index is 12.3. The predicted molar refractivity (Wildman–Crippen MR) is 101 cm³/mol. The van der Waals surface area contributed by atoms with Gasteiger partial charge in [-0.3, -0.25) is 14.5 Å². The summed E-state index contributed by atoms with van der Waals surface area (Å²) >= 11 is 6.11. The van der Waals surface area contributed by atoms with Gasteiger partial charge >= 0.3 is 0 Å². The van der Waals surface area contributed by atoms with Gasteiger partial charge in [0.2, 0.25) is 11.8 Å². The van der Waals surface area contributed by atoms with Gasteiger partial charge in [0, 0.05) is 58.0 Å². The highest BCUT2D eigenvalue weighted by atomic mass is 35.5. The Morgan fingerprint density at radius 2 is 1.72 bits per heavy atom. The Hall–Kier alpha value is -1.79. The standard InChI is InChI=1S/C18H27ClN4O2/c1-14-5-6-15(19)11-16(14)23-9-7-22(8-10-23)13-18(25)21(4)12-17(24)20(2)3/h5-6,11H,7-10,12-13H2,1-4H3. The highest BCUT2D eigenvalue weighted by Crippen LogP contribution is 2.25. The number of likely N-dealkylation sites (N-methyl/N-ethyl adjacent to an activating group) is 2. The molecule has 1 heterocycles. The maximum Gasteiger partial charge on any atom is 0.241 e. The summed E-state index contributed by atoms with van der Waals surface area (Å²) in [4.78, 5) is 31.4. The van der Waals surface area contributed by atoms with Crippen LogP contribution in [0.5, 0.6) is 0 Å². The van der Waals surface area contributed by atoms with E-state index >= 15 is 0 Å². The van der Waals surface area contributed by atoms with Gasteiger partial charge < -0.3 is 14.7 Å². The number of aryl methyl sites for hydroxylation is 1. The smallest absolute Gasteiger partial charge is 0.241 e. The summed E-state index contributed by atoms with van der Waals surface area (Å²) in [6.45, 7) is 5.88. The summed E-state index contributed by atoms with van der Waals surface area (Å²) in [6.07, 6.45) is 0. The van der Waals surface area contributed by atoms with Gasteiger partial charge in [-0.05, 0) is 24.6 Å². The van der Waals surface area contributed by atoms with E-state index in [0.29, 0.717) is 6.54 Å². The second-order valence-electron chi connectivity index (χ2n) is 6.73. The van der Waals surface area contributed by atoms with Gasteiger partial charge in [0.05, 0.1) is 13.1 Å². The highest BCUT2D eigenvalue weighted by Gasteiger charge is 2.22. The molecule has 0 bridgehead atoms. The van der Waals surface area contributed by atoms with Gasteiger partial charge in [-0.25, -0.2) is 0 Å². The summed E-state index contributed by atoms with van der Waals surface area (Å²) in [5, 5.41) is 0.741. The van der Waals surface area contributed by atoms with Gasteiger partial charge in [0.1, 0.15) is 0 Å². The van der Waals surface area contributed by atoms with E-state index in [1.54, 1.807) is 21.1 Å². The van der Waals surface area contributed by atoms with Crippen molar-refractivity contribution in [2.75, 3.05) is 65.3 Å². The molecule has 0 aromatic heterocycles. The molecular weight excluding hydrogens is 340 g/mol. The molecule has 1 aliphatic heterocycles. The summed E-state index contributed by atoms with van der Waals surface area (Å²) in [5.41, 5.74) is 2.36. The van der Waals surface area contributed by atoms with Crippen LogP contribution in [0.3, 0.4) is 0 Å². The zero-order valence-corrected chi connectivity index (χ0v) is 16.2. The first-order valence-electron chi connectivity index (χ1n) is 8.45. The van der Waals surface area contributed by atoms with E-state index < -0.39 is 0 Å². The summed E-state index contributed by atoms with van der Waals surface area (Å²) in [6, 6.07) is 5.93. The molecule has 6 nitrogen and oxygen atoms in total. The van der Waals surface area contributed by atoms with Gasteiger partial charge in [0.25, 0.3) is 0 Å². The van der Waals surface area contributed by atoms with Crippen LogP contribution in [-0.2, 0) is 9.59 Å². The number of halogens is 1. The number of nitrogens with zero attached hydrogens (tertiary/aromatic N) is 4. The molecule has 2 rings (SSSR count). The van der Waals surface area contributed by atoms with Crippen molar-refractivity contribution < 1.29 is 9.59 Å². The van der Waals surface area contributed by atoms with Crippen molar-refractivity contribution in [3.05, 3.63) is 28.8 Å². The van der Waals surface area contributed by atoms with Crippen molar-refractivity contribution in [1.29, 1.82) is 0 Å². The van der Waals surface area contributed by atoms with Crippen molar-refractivity contribution in [2.24, 2.45) is 0 Å². The van der Waals surface area contributed by atoms with Crippen molar-refractivity contribution in [3.63, 3.8) is 0 Å². The molecule has 1 aromatic carbocycles. The Morgan fingerprint density at radius 1 is 1.08 bits per heavy atom. The molecule has 1 aliphatic rings. The fourth-order valence-corrected chi connectivity index (χ4v) is 2.98. The fourth-order valence-electron chi connectivity index (χ4n) is 2.81. The predicted octanol–water partition coefficient (Wildman–Crippen LogP) is 1.32. The Balaban J connectivity index is 1.85. The molecule has 0 unspecified atom stereocenters. The van der Waals surface area contributed by atoms with E-state index in [0.717, 1.165) is 36.9 Å². The first-order chi connectivity index (χ1) is 11.8. The molecule has 0 atom stereocenters. The number of carbonyl (C=O) groups is 2. The minimum absolute atomic E-state index is 0.0254. The number of amides is 2. The van der Waals surface area contributed by atoms with Gasteiger partial charge in [-0.1, -0.05) is 17.7 Å². The maximum absolute atomic E-state index is 12.3. The lowest BCUT2D eigenvalue weighted by Gasteiger charge is -2.37. The third-order valence-electron chi connectivity index (χ3n) is 4.54. The number of hydrogen-bond acceptors (Lipinski definition) is 4. The molecule has 1 fully saturated rings. The van der Waals surface area contributed by atoms with Gasteiger partial charge in [-0.2, -0.15) is 0 Å². The van der Waals surface area contributed by atoms with E-state index in [-0.39, 0.29) is 18.4 Å². The van der Waals surface area contributed by atoms with Gasteiger partial charge in [-0.15, -0.1) is 0 Å². The van der Waals surface area contributed by atoms with Crippen LogP contribution in [0.15, 0.2) is 18.2 Å². The number of hydrogen-bond donors (Lipinski definition) is 0. The van der Waals surface area contributed by atoms with Crippen LogP contribution in [0.25, 0.3) is 0 Å². The van der Waals surface area contributed by atoms with Crippen LogP contribution >= 0.6 is 11.6 Å². The zero-order chi connectivity index (χ0) is 18.6. The van der Waals surface area contributed by atoms with Crippen LogP contribution in [-0.4, -0.2) is 86.9 Å². The monoisotopic (exact) mass is 366 g/mol. The Kier molecular flexibility index (Phi) is 6.67. The largest absolute Gasteiger partial charge is 0.369 e. The quantitative estimate of drug-likeness (QED) is 0.788. The molecule has 1 aromatic rings. The van der Waals surface area contributed by atoms with E-state index in [1.807, 2.05) is 18.2 Å². The van der Waals surface area contributed by atoms with Crippen LogP contribution < -0.4 is 4.90 Å². The van der Waals surface area contributed by atoms with Crippen LogP contribution in [0.1, 0.15) is 5.56 Å². The third-order valence-corrected chi connectivity index (χ3v) is 4.78. The lowest BCUT2D eigenvalue weighted by molar-refractivity contribution is -0.138. The number of piperazine rings is 1. The summed E-state index contributed by atoms with van der Waals surface area (Å²) in [5.74, 6) is -0.0975. The van der Waals surface area contributed by atoms with Crippen molar-refractivity contribution >= 4 is 29.1 Å². The average molecular weight is 367 g/mol. The molecule has 0 aliphatic carbocycles. The third kappa shape index (κ3) is 5.34.